The second kappa shape index (κ2) is 7.00. The highest BCUT2D eigenvalue weighted by atomic mass is 16.5. The van der Waals surface area contributed by atoms with Gasteiger partial charge in [-0.05, 0) is 24.1 Å². The zero-order valence-corrected chi connectivity index (χ0v) is 15.4. The zero-order chi connectivity index (χ0) is 19.7. The number of rotatable bonds is 4. The van der Waals surface area contributed by atoms with Crippen molar-refractivity contribution < 1.29 is 4.74 Å². The molecule has 0 fully saturated rings. The van der Waals surface area contributed by atoms with E-state index in [1.807, 2.05) is 50.2 Å². The third-order valence-corrected chi connectivity index (χ3v) is 4.39. The lowest BCUT2D eigenvalue weighted by Crippen LogP contribution is -2.22. The fourth-order valence-corrected chi connectivity index (χ4v) is 3.07. The number of para-hydroxylation sites is 1. The summed E-state index contributed by atoms with van der Waals surface area (Å²) in [5, 5.41) is 13.3. The van der Waals surface area contributed by atoms with E-state index in [4.69, 9.17) is 4.74 Å². The lowest BCUT2D eigenvalue weighted by Gasteiger charge is -2.13. The van der Waals surface area contributed by atoms with Gasteiger partial charge in [0.1, 0.15) is 17.4 Å². The van der Waals surface area contributed by atoms with Gasteiger partial charge in [-0.2, -0.15) is 14.9 Å². The molecule has 0 aliphatic rings. The second-order valence-corrected chi connectivity index (χ2v) is 6.60. The van der Waals surface area contributed by atoms with Crippen molar-refractivity contribution in [3.8, 4) is 29.0 Å². The van der Waals surface area contributed by atoms with Gasteiger partial charge >= 0.3 is 0 Å². The van der Waals surface area contributed by atoms with Crippen molar-refractivity contribution in [1.29, 1.82) is 5.26 Å². The van der Waals surface area contributed by atoms with Crippen LogP contribution in [0.2, 0.25) is 0 Å². The molecular weight excluding hydrogens is 354 g/mol. The molecule has 4 aromatic rings. The van der Waals surface area contributed by atoms with Crippen LogP contribution in [0.3, 0.4) is 0 Å². The lowest BCUT2D eigenvalue weighted by molar-refractivity contribution is 0.463. The molecule has 0 aliphatic carbocycles. The van der Waals surface area contributed by atoms with E-state index >= 15 is 0 Å². The number of nitrogens with one attached hydrogen (secondary N) is 1. The fraction of sp³-hybridized carbons (Fsp3) is 0.143. The molecule has 0 saturated heterocycles. The van der Waals surface area contributed by atoms with Gasteiger partial charge < -0.3 is 9.72 Å². The number of H-pyrrole nitrogens is 1. The molecule has 0 aliphatic heterocycles. The molecule has 1 aromatic carbocycles. The number of aromatic nitrogens is 4. The molecule has 0 atom stereocenters. The minimum absolute atomic E-state index is 0.0434. The first-order valence-corrected chi connectivity index (χ1v) is 8.82. The summed E-state index contributed by atoms with van der Waals surface area (Å²) in [6.07, 6.45) is 3.03. The van der Waals surface area contributed by atoms with Crippen LogP contribution in [0.5, 0.6) is 11.6 Å². The van der Waals surface area contributed by atoms with Crippen LogP contribution in [-0.4, -0.2) is 19.6 Å². The Balaban J connectivity index is 1.81. The summed E-state index contributed by atoms with van der Waals surface area (Å²) in [5.41, 5.74) is 2.38. The average molecular weight is 371 g/mol. The van der Waals surface area contributed by atoms with E-state index in [9.17, 15) is 10.1 Å². The van der Waals surface area contributed by atoms with E-state index in [1.165, 1.54) is 10.7 Å². The number of ether oxygens (including phenoxy) is 1. The van der Waals surface area contributed by atoms with Gasteiger partial charge in [-0.25, -0.2) is 4.98 Å². The molecule has 0 unspecified atom stereocenters. The van der Waals surface area contributed by atoms with Gasteiger partial charge in [0.2, 0.25) is 5.88 Å². The number of pyridine rings is 1. The number of aromatic amines is 1. The summed E-state index contributed by atoms with van der Waals surface area (Å²) in [7, 11) is 0. The first-order chi connectivity index (χ1) is 13.6. The molecule has 3 aromatic heterocycles. The molecule has 138 valence electrons. The van der Waals surface area contributed by atoms with Gasteiger partial charge in [-0.15, -0.1) is 0 Å². The Labute approximate surface area is 160 Å². The first kappa shape index (κ1) is 17.5. The van der Waals surface area contributed by atoms with E-state index in [1.54, 1.807) is 12.3 Å². The molecule has 7 nitrogen and oxygen atoms in total. The normalized spacial score (nSPS) is 10.9. The fourth-order valence-electron chi connectivity index (χ4n) is 3.07. The van der Waals surface area contributed by atoms with Gasteiger partial charge in [-0.3, -0.25) is 4.79 Å². The second-order valence-electron chi connectivity index (χ2n) is 6.60. The molecule has 0 amide bonds. The van der Waals surface area contributed by atoms with E-state index < -0.39 is 0 Å². The lowest BCUT2D eigenvalue weighted by atomic mass is 9.99. The summed E-state index contributed by atoms with van der Waals surface area (Å²) >= 11 is 0. The SMILES string of the molecule is CC(C)c1c(-c2ccc(Oc3ccccc3)nc2)[nH]c2c(C#N)cnn2c1=O. The molecule has 4 rings (SSSR count). The number of benzene rings is 1. The van der Waals surface area contributed by atoms with Gasteiger partial charge in [0.05, 0.1) is 11.9 Å². The van der Waals surface area contributed by atoms with Crippen LogP contribution in [0.25, 0.3) is 16.9 Å². The Hall–Kier alpha value is -3.92. The van der Waals surface area contributed by atoms with Crippen molar-refractivity contribution in [2.24, 2.45) is 0 Å². The Morgan fingerprint density at radius 2 is 1.93 bits per heavy atom. The number of nitriles is 1. The van der Waals surface area contributed by atoms with Crippen LogP contribution < -0.4 is 10.3 Å². The van der Waals surface area contributed by atoms with Crippen molar-refractivity contribution in [3.63, 3.8) is 0 Å². The van der Waals surface area contributed by atoms with E-state index in [0.29, 0.717) is 34.1 Å². The minimum Gasteiger partial charge on any atom is -0.439 e. The summed E-state index contributed by atoms with van der Waals surface area (Å²) in [6, 6.07) is 15.0. The molecule has 7 heteroatoms. The van der Waals surface area contributed by atoms with Crippen molar-refractivity contribution in [2.75, 3.05) is 0 Å². The van der Waals surface area contributed by atoms with Gasteiger partial charge in [0.15, 0.2) is 5.65 Å². The Kier molecular flexibility index (Phi) is 4.38. The Morgan fingerprint density at radius 1 is 1.14 bits per heavy atom. The van der Waals surface area contributed by atoms with Gasteiger partial charge in [0.25, 0.3) is 5.56 Å². The predicted molar refractivity (Wildman–Crippen MR) is 104 cm³/mol. The molecular formula is C21H17N5O2. The number of hydrogen-bond acceptors (Lipinski definition) is 5. The molecule has 0 radical (unpaired) electrons. The van der Waals surface area contributed by atoms with Gasteiger partial charge in [-0.1, -0.05) is 32.0 Å². The average Bonchev–Trinajstić information content (AvgIpc) is 3.12. The molecule has 1 N–H and O–H groups in total. The highest BCUT2D eigenvalue weighted by Gasteiger charge is 2.19. The molecule has 3 heterocycles. The van der Waals surface area contributed by atoms with Crippen molar-refractivity contribution >= 4 is 5.65 Å². The summed E-state index contributed by atoms with van der Waals surface area (Å²) in [6.45, 7) is 3.88. The maximum absolute atomic E-state index is 12.9. The molecule has 0 spiro atoms. The van der Waals surface area contributed by atoms with Crippen LogP contribution in [0.4, 0.5) is 0 Å². The minimum atomic E-state index is -0.245. The van der Waals surface area contributed by atoms with Crippen molar-refractivity contribution in [2.45, 2.75) is 19.8 Å². The summed E-state index contributed by atoms with van der Waals surface area (Å²) in [5.74, 6) is 1.10. The Bertz CT molecular complexity index is 1230. The number of fused-ring (bicyclic) bond motifs is 1. The summed E-state index contributed by atoms with van der Waals surface area (Å²) in [4.78, 5) is 20.5. The van der Waals surface area contributed by atoms with E-state index in [2.05, 4.69) is 21.1 Å². The largest absolute Gasteiger partial charge is 0.439 e. The highest BCUT2D eigenvalue weighted by Crippen LogP contribution is 2.27. The van der Waals surface area contributed by atoms with Crippen LogP contribution in [-0.2, 0) is 0 Å². The monoisotopic (exact) mass is 371 g/mol. The van der Waals surface area contributed by atoms with Crippen LogP contribution in [0.1, 0.15) is 30.9 Å². The van der Waals surface area contributed by atoms with Crippen LogP contribution >= 0.6 is 0 Å². The highest BCUT2D eigenvalue weighted by molar-refractivity contribution is 5.67. The molecule has 28 heavy (non-hydrogen) atoms. The maximum atomic E-state index is 12.9. The topological polar surface area (TPSA) is 96.1 Å². The standard InChI is InChI=1S/C21H17N5O2/c1-13(2)18-19(25-20-15(10-22)12-24-26(20)21(18)27)14-8-9-17(23-11-14)28-16-6-4-3-5-7-16/h3-9,11-13,25H,1-2H3. The van der Waals surface area contributed by atoms with Gasteiger partial charge in [0, 0.05) is 23.4 Å². The smallest absolute Gasteiger partial charge is 0.278 e. The maximum Gasteiger partial charge on any atom is 0.278 e. The van der Waals surface area contributed by atoms with Crippen LogP contribution in [0, 0.1) is 11.3 Å². The van der Waals surface area contributed by atoms with Crippen LogP contribution in [0.15, 0.2) is 59.7 Å². The van der Waals surface area contributed by atoms with Crippen molar-refractivity contribution in [3.05, 3.63) is 76.3 Å². The molecule has 0 saturated carbocycles. The first-order valence-electron chi connectivity index (χ1n) is 8.82. The third-order valence-electron chi connectivity index (χ3n) is 4.39. The van der Waals surface area contributed by atoms with Crippen molar-refractivity contribution in [1.82, 2.24) is 19.6 Å². The number of nitrogens with zero attached hydrogens (tertiary/aromatic N) is 4. The quantitative estimate of drug-likeness (QED) is 0.587. The summed E-state index contributed by atoms with van der Waals surface area (Å²) < 4.78 is 6.96. The Morgan fingerprint density at radius 3 is 2.57 bits per heavy atom. The van der Waals surface area contributed by atoms with E-state index in [-0.39, 0.29) is 11.5 Å². The molecule has 0 bridgehead atoms. The number of hydrogen-bond donors (Lipinski definition) is 1. The zero-order valence-electron chi connectivity index (χ0n) is 15.4. The predicted octanol–water partition coefficient (Wildman–Crippen LogP) is 3.87. The third kappa shape index (κ3) is 3.01. The van der Waals surface area contributed by atoms with E-state index in [0.717, 1.165) is 5.56 Å².